The summed E-state index contributed by atoms with van der Waals surface area (Å²) in [6.07, 6.45) is 0.810. The second-order valence-electron chi connectivity index (χ2n) is 9.02. The van der Waals surface area contributed by atoms with Gasteiger partial charge >= 0.3 is 0 Å². The molecule has 2 heterocycles. The van der Waals surface area contributed by atoms with Crippen LogP contribution in [0.25, 0.3) is 0 Å². The molecule has 0 aliphatic carbocycles. The van der Waals surface area contributed by atoms with Crippen LogP contribution in [0.1, 0.15) is 27.2 Å². The van der Waals surface area contributed by atoms with Crippen molar-refractivity contribution < 1.29 is 8.78 Å². The quantitative estimate of drug-likeness (QED) is 0.508. The normalized spacial score (nSPS) is 22.2. The highest BCUT2D eigenvalue weighted by Crippen LogP contribution is 2.26. The maximum atomic E-state index is 14.2. The standard InChI is InChI=1S/C23H38F2N6/c1-5-26-23(27-15-21(17(2)3)30-13-11-29(4)12-14-30)28-18-9-10-31(16-18)22-19(24)7-6-8-20(22)25/h6-8,17-18,21H,5,9-16H2,1-4H3,(H2,26,27,28). The summed E-state index contributed by atoms with van der Waals surface area (Å²) in [5.41, 5.74) is 0.0728. The third-order valence-electron chi connectivity index (χ3n) is 6.34. The third-order valence-corrected chi connectivity index (χ3v) is 6.34. The second kappa shape index (κ2) is 11.1. The van der Waals surface area contributed by atoms with Crippen LogP contribution in [0.2, 0.25) is 0 Å². The van der Waals surface area contributed by atoms with Gasteiger partial charge < -0.3 is 20.4 Å². The Kier molecular flexibility index (Phi) is 8.49. The van der Waals surface area contributed by atoms with Crippen molar-refractivity contribution in [1.29, 1.82) is 0 Å². The smallest absolute Gasteiger partial charge is 0.191 e. The van der Waals surface area contributed by atoms with Crippen LogP contribution in [-0.2, 0) is 0 Å². The van der Waals surface area contributed by atoms with Gasteiger partial charge in [0.25, 0.3) is 0 Å². The Bertz CT molecular complexity index is 713. The van der Waals surface area contributed by atoms with Crippen molar-refractivity contribution in [3.8, 4) is 0 Å². The van der Waals surface area contributed by atoms with Gasteiger partial charge in [0.05, 0.1) is 6.54 Å². The van der Waals surface area contributed by atoms with Crippen molar-refractivity contribution in [2.75, 3.05) is 64.3 Å². The van der Waals surface area contributed by atoms with Crippen LogP contribution in [0.4, 0.5) is 14.5 Å². The highest BCUT2D eigenvalue weighted by molar-refractivity contribution is 5.80. The number of aliphatic imine (C=N–C) groups is 1. The van der Waals surface area contributed by atoms with Crippen LogP contribution >= 0.6 is 0 Å². The number of hydrogen-bond acceptors (Lipinski definition) is 4. The number of nitrogens with one attached hydrogen (secondary N) is 2. The van der Waals surface area contributed by atoms with Gasteiger partial charge in [-0.25, -0.2) is 8.78 Å². The van der Waals surface area contributed by atoms with E-state index in [-0.39, 0.29) is 11.7 Å². The van der Waals surface area contributed by atoms with E-state index in [4.69, 9.17) is 4.99 Å². The summed E-state index contributed by atoms with van der Waals surface area (Å²) in [5, 5.41) is 6.82. The molecule has 2 aliphatic rings. The zero-order valence-corrected chi connectivity index (χ0v) is 19.4. The summed E-state index contributed by atoms with van der Waals surface area (Å²) in [4.78, 5) is 11.6. The van der Waals surface area contributed by atoms with Crippen LogP contribution in [0.15, 0.2) is 23.2 Å². The molecule has 2 saturated heterocycles. The van der Waals surface area contributed by atoms with Crippen molar-refractivity contribution >= 4 is 11.6 Å². The number of piperazine rings is 1. The Morgan fingerprint density at radius 1 is 1.13 bits per heavy atom. The van der Waals surface area contributed by atoms with Gasteiger partial charge in [-0.05, 0) is 38.4 Å². The van der Waals surface area contributed by atoms with E-state index in [1.165, 1.54) is 18.2 Å². The van der Waals surface area contributed by atoms with Crippen LogP contribution in [0.3, 0.4) is 0 Å². The molecule has 2 unspecified atom stereocenters. The zero-order chi connectivity index (χ0) is 22.4. The van der Waals surface area contributed by atoms with E-state index >= 15 is 0 Å². The number of nitrogens with zero attached hydrogens (tertiary/aromatic N) is 4. The number of rotatable bonds is 7. The third kappa shape index (κ3) is 6.29. The van der Waals surface area contributed by atoms with E-state index in [0.29, 0.717) is 25.0 Å². The summed E-state index contributed by atoms with van der Waals surface area (Å²) in [5.74, 6) is 0.283. The molecule has 2 N–H and O–H groups in total. The van der Waals surface area contributed by atoms with E-state index in [0.717, 1.165) is 51.6 Å². The fraction of sp³-hybridized carbons (Fsp3) is 0.696. The summed E-state index contributed by atoms with van der Waals surface area (Å²) in [6.45, 7) is 13.6. The van der Waals surface area contributed by atoms with Gasteiger partial charge in [-0.3, -0.25) is 9.89 Å². The van der Waals surface area contributed by atoms with Crippen LogP contribution in [0.5, 0.6) is 0 Å². The number of likely N-dealkylation sites (N-methyl/N-ethyl adjacent to an activating group) is 1. The lowest BCUT2D eigenvalue weighted by atomic mass is 10.0. The molecule has 31 heavy (non-hydrogen) atoms. The summed E-state index contributed by atoms with van der Waals surface area (Å²) >= 11 is 0. The molecule has 0 bridgehead atoms. The molecule has 0 aromatic heterocycles. The van der Waals surface area contributed by atoms with Gasteiger partial charge in [-0.2, -0.15) is 0 Å². The fourth-order valence-electron chi connectivity index (χ4n) is 4.47. The fourth-order valence-corrected chi connectivity index (χ4v) is 4.47. The Labute approximate surface area is 185 Å². The first-order valence-electron chi connectivity index (χ1n) is 11.6. The largest absolute Gasteiger partial charge is 0.365 e. The first kappa shape index (κ1) is 23.7. The maximum absolute atomic E-state index is 14.2. The summed E-state index contributed by atoms with van der Waals surface area (Å²) in [6, 6.07) is 4.53. The molecule has 6 nitrogen and oxygen atoms in total. The first-order chi connectivity index (χ1) is 14.9. The molecule has 2 atom stereocenters. The molecular weight excluding hydrogens is 398 g/mol. The lowest BCUT2D eigenvalue weighted by molar-refractivity contribution is 0.0925. The van der Waals surface area contributed by atoms with Gasteiger partial charge in [0, 0.05) is 57.9 Å². The minimum Gasteiger partial charge on any atom is -0.365 e. The van der Waals surface area contributed by atoms with E-state index in [9.17, 15) is 8.78 Å². The molecule has 0 amide bonds. The van der Waals surface area contributed by atoms with Crippen molar-refractivity contribution in [3.63, 3.8) is 0 Å². The van der Waals surface area contributed by atoms with Gasteiger partial charge in [-0.15, -0.1) is 0 Å². The Balaban J connectivity index is 1.61. The van der Waals surface area contributed by atoms with Crippen molar-refractivity contribution in [3.05, 3.63) is 29.8 Å². The van der Waals surface area contributed by atoms with E-state index in [1.807, 2.05) is 6.92 Å². The minimum atomic E-state index is -0.506. The van der Waals surface area contributed by atoms with E-state index in [2.05, 4.69) is 41.3 Å². The molecule has 0 saturated carbocycles. The molecule has 1 aromatic carbocycles. The van der Waals surface area contributed by atoms with Gasteiger partial charge in [0.2, 0.25) is 0 Å². The molecule has 2 aliphatic heterocycles. The number of para-hydroxylation sites is 1. The average molecular weight is 437 g/mol. The van der Waals surface area contributed by atoms with Crippen molar-refractivity contribution in [2.45, 2.75) is 39.3 Å². The Hall–Kier alpha value is -1.93. The zero-order valence-electron chi connectivity index (χ0n) is 19.4. The number of hydrogen-bond donors (Lipinski definition) is 2. The van der Waals surface area contributed by atoms with Gasteiger partial charge in [-0.1, -0.05) is 19.9 Å². The van der Waals surface area contributed by atoms with E-state index < -0.39 is 11.6 Å². The minimum absolute atomic E-state index is 0.0728. The first-order valence-corrected chi connectivity index (χ1v) is 11.6. The summed E-state index contributed by atoms with van der Waals surface area (Å²) in [7, 11) is 2.17. The number of anilines is 1. The van der Waals surface area contributed by atoms with E-state index in [1.54, 1.807) is 4.90 Å². The van der Waals surface area contributed by atoms with Crippen molar-refractivity contribution in [2.24, 2.45) is 10.9 Å². The topological polar surface area (TPSA) is 46.1 Å². The van der Waals surface area contributed by atoms with Gasteiger partial charge in [0.15, 0.2) is 5.96 Å². The SMILES string of the molecule is CCNC(=NCC(C(C)C)N1CCN(C)CC1)NC1CCN(c2c(F)cccc2F)C1. The lowest BCUT2D eigenvalue weighted by Gasteiger charge is -2.39. The molecule has 174 valence electrons. The monoisotopic (exact) mass is 436 g/mol. The van der Waals surface area contributed by atoms with Gasteiger partial charge in [0.1, 0.15) is 17.3 Å². The average Bonchev–Trinajstić information content (AvgIpc) is 3.17. The molecule has 0 spiro atoms. The second-order valence-corrected chi connectivity index (χ2v) is 9.02. The molecule has 2 fully saturated rings. The molecule has 1 aromatic rings. The Morgan fingerprint density at radius 2 is 1.81 bits per heavy atom. The molecule has 3 rings (SSSR count). The summed E-state index contributed by atoms with van der Waals surface area (Å²) < 4.78 is 28.3. The van der Waals surface area contributed by atoms with Crippen molar-refractivity contribution in [1.82, 2.24) is 20.4 Å². The predicted octanol–water partition coefficient (Wildman–Crippen LogP) is 2.37. The number of halogens is 2. The maximum Gasteiger partial charge on any atom is 0.191 e. The lowest BCUT2D eigenvalue weighted by Crippen LogP contribution is -2.52. The van der Waals surface area contributed by atoms with Crippen LogP contribution in [-0.4, -0.2) is 87.2 Å². The predicted molar refractivity (Wildman–Crippen MR) is 124 cm³/mol. The Morgan fingerprint density at radius 3 is 2.42 bits per heavy atom. The van der Waals surface area contributed by atoms with Crippen LogP contribution in [0, 0.1) is 17.6 Å². The number of benzene rings is 1. The number of guanidine groups is 1. The molecular formula is C23H38F2N6. The highest BCUT2D eigenvalue weighted by Gasteiger charge is 2.28. The molecule has 8 heteroatoms. The molecule has 0 radical (unpaired) electrons. The highest BCUT2D eigenvalue weighted by atomic mass is 19.1. The van der Waals surface area contributed by atoms with Crippen LogP contribution < -0.4 is 15.5 Å².